The lowest BCUT2D eigenvalue weighted by Crippen LogP contribution is -2.43. The predicted molar refractivity (Wildman–Crippen MR) is 147 cm³/mol. The average Bonchev–Trinajstić information content (AvgIpc) is 3.51. The molecule has 10 heteroatoms. The molecule has 1 aliphatic heterocycles. The van der Waals surface area contributed by atoms with Crippen LogP contribution in [-0.2, 0) is 24.8 Å². The third-order valence-corrected chi connectivity index (χ3v) is 13.2. The number of nitrogens with zero attached hydrogens (tertiary/aromatic N) is 3. The minimum atomic E-state index is -4.08. The Bertz CT molecular complexity index is 1830. The van der Waals surface area contributed by atoms with Crippen molar-refractivity contribution in [2.45, 2.75) is 51.0 Å². The van der Waals surface area contributed by atoms with Crippen LogP contribution in [0.3, 0.4) is 0 Å². The normalized spacial score (nSPS) is 26.8. The monoisotopic (exact) mass is 563 g/mol. The van der Waals surface area contributed by atoms with E-state index in [4.69, 9.17) is 0 Å². The molecule has 3 fully saturated rings. The Hall–Kier alpha value is -3.42. The molecule has 3 aliphatic rings. The standard InChI is InChI=1S/C29H29N3O5S2/c1-19-4-8-24(9-5-19)39(36,37)31-23(15-21-14-20(17-30)6-10-25(21)31)7-11-27(33)32-26-16-22-12-13-29(26,28(22,2)3)18-38(32,34)35/h4-11,14-15,22,26H,12-13,16,18H2,1-3H3. The molecule has 2 heterocycles. The minimum Gasteiger partial charge on any atom is -0.269 e. The van der Waals surface area contributed by atoms with Crippen LogP contribution in [0.25, 0.3) is 17.0 Å². The molecule has 3 unspecified atom stereocenters. The molecular weight excluding hydrogens is 534 g/mol. The summed E-state index contributed by atoms with van der Waals surface area (Å²) in [4.78, 5) is 13.6. The van der Waals surface area contributed by atoms with Gasteiger partial charge in [-0.1, -0.05) is 31.5 Å². The lowest BCUT2D eigenvalue weighted by molar-refractivity contribution is -0.123. The van der Waals surface area contributed by atoms with Crippen LogP contribution in [0, 0.1) is 35.0 Å². The molecule has 3 atom stereocenters. The van der Waals surface area contributed by atoms with Gasteiger partial charge in [0.1, 0.15) is 0 Å². The molecular formula is C29H29N3O5S2. The molecule has 0 radical (unpaired) electrons. The molecule has 202 valence electrons. The van der Waals surface area contributed by atoms with E-state index in [0.29, 0.717) is 28.8 Å². The first-order valence-electron chi connectivity index (χ1n) is 12.9. The Morgan fingerprint density at radius 3 is 2.51 bits per heavy atom. The Morgan fingerprint density at radius 1 is 1.13 bits per heavy atom. The first-order chi connectivity index (χ1) is 18.3. The summed E-state index contributed by atoms with van der Waals surface area (Å²) < 4.78 is 56.3. The van der Waals surface area contributed by atoms with Crippen LogP contribution in [0.5, 0.6) is 0 Å². The highest BCUT2D eigenvalue weighted by Gasteiger charge is 2.72. The van der Waals surface area contributed by atoms with Gasteiger partial charge in [-0.2, -0.15) is 5.26 Å². The number of aromatic nitrogens is 1. The molecule has 6 rings (SSSR count). The van der Waals surface area contributed by atoms with Crippen molar-refractivity contribution in [2.24, 2.45) is 16.7 Å². The lowest BCUT2D eigenvalue weighted by atomic mass is 9.69. The zero-order valence-electron chi connectivity index (χ0n) is 22.0. The van der Waals surface area contributed by atoms with E-state index in [1.807, 2.05) is 6.92 Å². The smallest absolute Gasteiger partial charge is 0.268 e. The van der Waals surface area contributed by atoms with Crippen LogP contribution in [0.4, 0.5) is 0 Å². The zero-order chi connectivity index (χ0) is 28.0. The highest BCUT2D eigenvalue weighted by Crippen LogP contribution is 2.70. The molecule has 2 bridgehead atoms. The van der Waals surface area contributed by atoms with Crippen molar-refractivity contribution in [2.75, 3.05) is 5.75 Å². The van der Waals surface area contributed by atoms with Gasteiger partial charge in [0, 0.05) is 16.9 Å². The molecule has 1 saturated heterocycles. The first kappa shape index (κ1) is 25.8. The highest BCUT2D eigenvalue weighted by atomic mass is 32.2. The van der Waals surface area contributed by atoms with E-state index in [9.17, 15) is 26.9 Å². The van der Waals surface area contributed by atoms with Crippen LogP contribution < -0.4 is 0 Å². The van der Waals surface area contributed by atoms with Gasteiger partial charge in [0.2, 0.25) is 10.0 Å². The summed E-state index contributed by atoms with van der Waals surface area (Å²) >= 11 is 0. The quantitative estimate of drug-likeness (QED) is 0.433. The number of hydrogen-bond donors (Lipinski definition) is 0. The Kier molecular flexibility index (Phi) is 5.49. The van der Waals surface area contributed by atoms with Gasteiger partial charge in [0.05, 0.1) is 39.5 Å². The van der Waals surface area contributed by atoms with E-state index in [0.717, 1.165) is 32.8 Å². The summed E-state index contributed by atoms with van der Waals surface area (Å²) in [5, 5.41) is 9.86. The summed E-state index contributed by atoms with van der Waals surface area (Å²) in [5.74, 6) is -0.330. The van der Waals surface area contributed by atoms with Gasteiger partial charge in [-0.3, -0.25) is 4.79 Å². The maximum atomic E-state index is 13.8. The summed E-state index contributed by atoms with van der Waals surface area (Å²) in [7, 11) is -7.89. The van der Waals surface area contributed by atoms with Crippen molar-refractivity contribution in [1.29, 1.82) is 5.26 Å². The van der Waals surface area contributed by atoms with Crippen LogP contribution >= 0.6 is 0 Å². The third-order valence-electron chi connectivity index (χ3n) is 9.50. The average molecular weight is 564 g/mol. The van der Waals surface area contributed by atoms with Gasteiger partial charge in [-0.05, 0) is 80.0 Å². The molecule has 2 saturated carbocycles. The number of fused-ring (bicyclic) bond motifs is 2. The van der Waals surface area contributed by atoms with E-state index in [1.54, 1.807) is 30.3 Å². The molecule has 1 aromatic heterocycles. The largest absolute Gasteiger partial charge is 0.269 e. The van der Waals surface area contributed by atoms with Crippen molar-refractivity contribution >= 4 is 42.9 Å². The number of carbonyl (C=O) groups is 1. The first-order valence-corrected chi connectivity index (χ1v) is 16.0. The Morgan fingerprint density at radius 2 is 1.85 bits per heavy atom. The molecule has 2 aliphatic carbocycles. The number of benzene rings is 2. The maximum Gasteiger partial charge on any atom is 0.268 e. The number of amides is 1. The Labute approximate surface area is 228 Å². The molecule has 1 amide bonds. The van der Waals surface area contributed by atoms with Crippen molar-refractivity contribution in [3.8, 4) is 6.07 Å². The van der Waals surface area contributed by atoms with Crippen molar-refractivity contribution in [3.05, 3.63) is 71.4 Å². The van der Waals surface area contributed by atoms with E-state index in [1.165, 1.54) is 24.3 Å². The van der Waals surface area contributed by atoms with Crippen LogP contribution in [0.2, 0.25) is 0 Å². The summed E-state index contributed by atoms with van der Waals surface area (Å²) in [6.07, 6.45) is 4.94. The predicted octanol–water partition coefficient (Wildman–Crippen LogP) is 4.44. The van der Waals surface area contributed by atoms with Gasteiger partial charge in [-0.25, -0.2) is 25.1 Å². The van der Waals surface area contributed by atoms with E-state index in [-0.39, 0.29) is 27.8 Å². The van der Waals surface area contributed by atoms with Gasteiger partial charge in [0.15, 0.2) is 0 Å². The number of aryl methyl sites for hydroxylation is 1. The number of rotatable bonds is 4. The molecule has 39 heavy (non-hydrogen) atoms. The lowest BCUT2D eigenvalue weighted by Gasteiger charge is -2.36. The second kappa shape index (κ2) is 8.29. The second-order valence-electron chi connectivity index (χ2n) is 11.6. The Balaban J connectivity index is 1.43. The molecule has 1 spiro atoms. The molecule has 3 aromatic rings. The fourth-order valence-electron chi connectivity index (χ4n) is 7.29. The van der Waals surface area contributed by atoms with Gasteiger partial charge in [-0.15, -0.1) is 0 Å². The van der Waals surface area contributed by atoms with Gasteiger partial charge in [0.25, 0.3) is 15.9 Å². The highest BCUT2D eigenvalue weighted by molar-refractivity contribution is 7.90. The SMILES string of the molecule is Cc1ccc(S(=O)(=O)n2c(C=CC(=O)N3C4CC5CCC4(CS3(=O)=O)C5(C)C)cc3cc(C#N)ccc32)cc1. The number of sulfonamides is 1. The number of carbonyl (C=O) groups excluding carboxylic acids is 1. The maximum absolute atomic E-state index is 13.8. The molecule has 8 nitrogen and oxygen atoms in total. The number of hydrogen-bond acceptors (Lipinski definition) is 6. The van der Waals surface area contributed by atoms with E-state index >= 15 is 0 Å². The minimum absolute atomic E-state index is 0.0350. The number of nitriles is 1. The van der Waals surface area contributed by atoms with E-state index < -0.39 is 31.4 Å². The fraction of sp³-hybridized carbons (Fsp3) is 0.379. The van der Waals surface area contributed by atoms with Gasteiger partial charge >= 0.3 is 0 Å². The molecule has 2 aromatic carbocycles. The van der Waals surface area contributed by atoms with Crippen LogP contribution in [0.1, 0.15) is 49.9 Å². The topological polar surface area (TPSA) is 117 Å². The van der Waals surface area contributed by atoms with Crippen molar-refractivity contribution < 1.29 is 21.6 Å². The van der Waals surface area contributed by atoms with Crippen LogP contribution in [0.15, 0.2) is 59.5 Å². The third kappa shape index (κ3) is 3.56. The summed E-state index contributed by atoms with van der Waals surface area (Å²) in [6, 6.07) is 14.4. The fourth-order valence-corrected chi connectivity index (χ4v) is 11.3. The molecule has 0 N–H and O–H groups in total. The van der Waals surface area contributed by atoms with Crippen molar-refractivity contribution in [3.63, 3.8) is 0 Å². The van der Waals surface area contributed by atoms with Crippen LogP contribution in [-0.4, -0.2) is 42.8 Å². The summed E-state index contributed by atoms with van der Waals surface area (Å²) in [6.45, 7) is 6.10. The summed E-state index contributed by atoms with van der Waals surface area (Å²) in [5.41, 5.74) is 1.20. The van der Waals surface area contributed by atoms with Gasteiger partial charge < -0.3 is 0 Å². The zero-order valence-corrected chi connectivity index (χ0v) is 23.6. The van der Waals surface area contributed by atoms with E-state index in [2.05, 4.69) is 19.9 Å². The van der Waals surface area contributed by atoms with Crippen molar-refractivity contribution in [1.82, 2.24) is 8.28 Å². The second-order valence-corrected chi connectivity index (χ2v) is 15.3.